The van der Waals surface area contributed by atoms with Crippen molar-refractivity contribution >= 4 is 0 Å². The highest BCUT2D eigenvalue weighted by Crippen LogP contribution is 2.10. The van der Waals surface area contributed by atoms with Crippen LogP contribution < -0.4 is 5.32 Å². The quantitative estimate of drug-likeness (QED) is 0.624. The number of hydrogen-bond donors (Lipinski definition) is 1. The first-order valence-electron chi connectivity index (χ1n) is 4.20. The Hall–Kier alpha value is -0.120. The second-order valence-corrected chi connectivity index (χ2v) is 3.34. The fraction of sp³-hybridized carbons (Fsp3) is 1.00. The van der Waals surface area contributed by atoms with E-state index in [1.165, 1.54) is 0 Å². The Balaban J connectivity index is 2.32. The summed E-state index contributed by atoms with van der Waals surface area (Å²) < 4.78 is 5.55. The molecule has 0 bridgehead atoms. The van der Waals surface area contributed by atoms with Crippen LogP contribution in [-0.2, 0) is 4.74 Å². The fourth-order valence-corrected chi connectivity index (χ4v) is 1.28. The van der Waals surface area contributed by atoms with E-state index >= 15 is 0 Å². The molecule has 0 aromatic heterocycles. The molecule has 2 unspecified atom stereocenters. The SMILES string of the molecule is CC(C1CCNCO1)N(C)C. The molecule has 0 amide bonds. The van der Waals surface area contributed by atoms with Gasteiger partial charge in [0.1, 0.15) is 0 Å². The van der Waals surface area contributed by atoms with E-state index in [2.05, 4.69) is 31.2 Å². The molecule has 1 aliphatic heterocycles. The minimum Gasteiger partial charge on any atom is -0.361 e. The highest BCUT2D eigenvalue weighted by molar-refractivity contribution is 4.75. The van der Waals surface area contributed by atoms with Gasteiger partial charge in [0.2, 0.25) is 0 Å². The van der Waals surface area contributed by atoms with Crippen LogP contribution in [0.2, 0.25) is 0 Å². The summed E-state index contributed by atoms with van der Waals surface area (Å²) in [5.41, 5.74) is 0. The molecule has 2 atom stereocenters. The van der Waals surface area contributed by atoms with Crippen molar-refractivity contribution in [2.75, 3.05) is 27.4 Å². The van der Waals surface area contributed by atoms with Gasteiger partial charge >= 0.3 is 0 Å². The Morgan fingerprint density at radius 2 is 2.27 bits per heavy atom. The van der Waals surface area contributed by atoms with Gasteiger partial charge in [-0.3, -0.25) is 5.32 Å². The summed E-state index contributed by atoms with van der Waals surface area (Å²) in [4.78, 5) is 2.20. The maximum atomic E-state index is 5.55. The van der Waals surface area contributed by atoms with Crippen molar-refractivity contribution in [3.63, 3.8) is 0 Å². The maximum absolute atomic E-state index is 5.55. The van der Waals surface area contributed by atoms with Crippen LogP contribution in [-0.4, -0.2) is 44.4 Å². The number of likely N-dealkylation sites (N-methyl/N-ethyl adjacent to an activating group) is 1. The molecule has 1 rings (SSSR count). The van der Waals surface area contributed by atoms with Gasteiger partial charge in [-0.1, -0.05) is 0 Å². The van der Waals surface area contributed by atoms with E-state index in [4.69, 9.17) is 4.74 Å². The third-order valence-corrected chi connectivity index (χ3v) is 2.36. The summed E-state index contributed by atoms with van der Waals surface area (Å²) in [6.45, 7) is 4.00. The first kappa shape index (κ1) is 8.97. The van der Waals surface area contributed by atoms with Crippen molar-refractivity contribution in [3.8, 4) is 0 Å². The average Bonchev–Trinajstić information content (AvgIpc) is 2.05. The van der Waals surface area contributed by atoms with Crippen molar-refractivity contribution in [1.29, 1.82) is 0 Å². The molecule has 1 aliphatic rings. The van der Waals surface area contributed by atoms with E-state index in [1.807, 2.05) is 0 Å². The number of ether oxygens (including phenoxy) is 1. The van der Waals surface area contributed by atoms with Gasteiger partial charge in [-0.15, -0.1) is 0 Å². The molecule has 66 valence electrons. The Kier molecular flexibility index (Phi) is 3.30. The van der Waals surface area contributed by atoms with Crippen molar-refractivity contribution < 1.29 is 4.74 Å². The van der Waals surface area contributed by atoms with E-state index in [1.54, 1.807) is 0 Å². The van der Waals surface area contributed by atoms with Crippen LogP contribution in [0.15, 0.2) is 0 Å². The number of nitrogens with one attached hydrogen (secondary N) is 1. The summed E-state index contributed by atoms with van der Waals surface area (Å²) in [6.07, 6.45) is 1.53. The van der Waals surface area contributed by atoms with Gasteiger partial charge in [0, 0.05) is 6.04 Å². The summed E-state index contributed by atoms with van der Waals surface area (Å²) in [6, 6.07) is 0.525. The Bertz CT molecular complexity index is 111. The van der Waals surface area contributed by atoms with Gasteiger partial charge in [0.05, 0.1) is 12.8 Å². The monoisotopic (exact) mass is 158 g/mol. The molecule has 3 nitrogen and oxygen atoms in total. The predicted octanol–water partition coefficient (Wildman–Crippen LogP) is 0.273. The van der Waals surface area contributed by atoms with Crippen LogP contribution in [0.1, 0.15) is 13.3 Å². The molecule has 1 fully saturated rings. The third kappa shape index (κ3) is 2.43. The third-order valence-electron chi connectivity index (χ3n) is 2.36. The van der Waals surface area contributed by atoms with E-state index in [0.29, 0.717) is 18.9 Å². The second-order valence-electron chi connectivity index (χ2n) is 3.34. The first-order chi connectivity index (χ1) is 5.22. The summed E-state index contributed by atoms with van der Waals surface area (Å²) in [5, 5.41) is 3.17. The lowest BCUT2D eigenvalue weighted by Gasteiger charge is -2.32. The van der Waals surface area contributed by atoms with Gasteiger partial charge in [0.25, 0.3) is 0 Å². The van der Waals surface area contributed by atoms with Crippen LogP contribution in [0.25, 0.3) is 0 Å². The zero-order valence-corrected chi connectivity index (χ0v) is 7.63. The van der Waals surface area contributed by atoms with Gasteiger partial charge in [-0.25, -0.2) is 0 Å². The van der Waals surface area contributed by atoms with Crippen molar-refractivity contribution in [3.05, 3.63) is 0 Å². The zero-order valence-electron chi connectivity index (χ0n) is 7.63. The van der Waals surface area contributed by atoms with Crippen molar-refractivity contribution in [2.24, 2.45) is 0 Å². The van der Waals surface area contributed by atoms with Crippen LogP contribution >= 0.6 is 0 Å². The number of hydrogen-bond acceptors (Lipinski definition) is 3. The van der Waals surface area contributed by atoms with Crippen molar-refractivity contribution in [2.45, 2.75) is 25.5 Å². The molecule has 0 saturated carbocycles. The molecule has 0 aromatic carbocycles. The number of rotatable bonds is 2. The summed E-state index contributed by atoms with van der Waals surface area (Å²) >= 11 is 0. The topological polar surface area (TPSA) is 24.5 Å². The first-order valence-corrected chi connectivity index (χ1v) is 4.20. The highest BCUT2D eigenvalue weighted by Gasteiger charge is 2.21. The molecular formula is C8H18N2O. The molecule has 1 heterocycles. The lowest BCUT2D eigenvalue weighted by atomic mass is 10.1. The minimum absolute atomic E-state index is 0.409. The zero-order chi connectivity index (χ0) is 8.27. The smallest absolute Gasteiger partial charge is 0.0969 e. The van der Waals surface area contributed by atoms with Gasteiger partial charge in [0.15, 0.2) is 0 Å². The van der Waals surface area contributed by atoms with E-state index in [9.17, 15) is 0 Å². The van der Waals surface area contributed by atoms with E-state index < -0.39 is 0 Å². The maximum Gasteiger partial charge on any atom is 0.0969 e. The average molecular weight is 158 g/mol. The molecular weight excluding hydrogens is 140 g/mol. The largest absolute Gasteiger partial charge is 0.361 e. The van der Waals surface area contributed by atoms with Crippen molar-refractivity contribution in [1.82, 2.24) is 10.2 Å². The predicted molar refractivity (Wildman–Crippen MR) is 45.5 cm³/mol. The summed E-state index contributed by atoms with van der Waals surface area (Å²) in [7, 11) is 4.19. The van der Waals surface area contributed by atoms with Crippen LogP contribution in [0, 0.1) is 0 Å². The molecule has 0 radical (unpaired) electrons. The summed E-state index contributed by atoms with van der Waals surface area (Å²) in [5.74, 6) is 0. The minimum atomic E-state index is 0.409. The molecule has 1 saturated heterocycles. The van der Waals surface area contributed by atoms with E-state index in [-0.39, 0.29) is 0 Å². The van der Waals surface area contributed by atoms with E-state index in [0.717, 1.165) is 13.0 Å². The lowest BCUT2D eigenvalue weighted by molar-refractivity contribution is -0.0321. The molecule has 0 aromatic rings. The fourth-order valence-electron chi connectivity index (χ4n) is 1.28. The standard InChI is InChI=1S/C8H18N2O/c1-7(10(2)3)8-4-5-9-6-11-8/h7-9H,4-6H2,1-3H3. The van der Waals surface area contributed by atoms with Gasteiger partial charge < -0.3 is 9.64 Å². The highest BCUT2D eigenvalue weighted by atomic mass is 16.5. The Morgan fingerprint density at radius 1 is 1.55 bits per heavy atom. The molecule has 0 spiro atoms. The lowest BCUT2D eigenvalue weighted by Crippen LogP contribution is -2.44. The normalized spacial score (nSPS) is 28.9. The molecule has 11 heavy (non-hydrogen) atoms. The van der Waals surface area contributed by atoms with Crippen LogP contribution in [0.5, 0.6) is 0 Å². The molecule has 1 N–H and O–H groups in total. The van der Waals surface area contributed by atoms with Crippen LogP contribution in [0.4, 0.5) is 0 Å². The van der Waals surface area contributed by atoms with Gasteiger partial charge in [-0.05, 0) is 34.0 Å². The van der Waals surface area contributed by atoms with Gasteiger partial charge in [-0.2, -0.15) is 0 Å². The number of nitrogens with zero attached hydrogens (tertiary/aromatic N) is 1. The Labute approximate surface area is 68.7 Å². The molecule has 3 heteroatoms. The molecule has 0 aliphatic carbocycles. The van der Waals surface area contributed by atoms with Crippen LogP contribution in [0.3, 0.4) is 0 Å². The second kappa shape index (κ2) is 4.04. The Morgan fingerprint density at radius 3 is 2.73 bits per heavy atom.